The van der Waals surface area contributed by atoms with Gasteiger partial charge < -0.3 is 14.2 Å². The molecule has 0 aromatic heterocycles. The highest BCUT2D eigenvalue weighted by Gasteiger charge is 2.19. The van der Waals surface area contributed by atoms with Gasteiger partial charge in [-0.1, -0.05) is 209 Å². The van der Waals surface area contributed by atoms with Gasteiger partial charge in [-0.3, -0.25) is 14.4 Å². The predicted octanol–water partition coefficient (Wildman–Crippen LogP) is 16.8. The molecule has 0 amide bonds. The lowest BCUT2D eigenvalue weighted by Crippen LogP contribution is -2.30. The summed E-state index contributed by atoms with van der Waals surface area (Å²) < 4.78 is 16.8. The molecule has 0 aliphatic rings. The lowest BCUT2D eigenvalue weighted by molar-refractivity contribution is -0.167. The highest BCUT2D eigenvalue weighted by molar-refractivity contribution is 5.71. The molecule has 0 fully saturated rings. The molecule has 0 radical (unpaired) electrons. The Morgan fingerprint density at radius 1 is 0.355 bits per heavy atom. The van der Waals surface area contributed by atoms with Crippen LogP contribution < -0.4 is 0 Å². The number of hydrogen-bond acceptors (Lipinski definition) is 6. The molecule has 0 bridgehead atoms. The third-order valence-electron chi connectivity index (χ3n) is 10.7. The van der Waals surface area contributed by atoms with Crippen LogP contribution in [0.25, 0.3) is 0 Å². The number of allylic oxidation sites excluding steroid dienone is 14. The van der Waals surface area contributed by atoms with Crippen molar-refractivity contribution < 1.29 is 28.6 Å². The summed E-state index contributed by atoms with van der Waals surface area (Å²) in [5, 5.41) is 0. The van der Waals surface area contributed by atoms with Crippen molar-refractivity contribution in [2.75, 3.05) is 13.2 Å². The van der Waals surface area contributed by atoms with Gasteiger partial charge in [0.25, 0.3) is 0 Å². The van der Waals surface area contributed by atoms with E-state index in [2.05, 4.69) is 106 Å². The maximum atomic E-state index is 12.8. The van der Waals surface area contributed by atoms with Gasteiger partial charge in [0.1, 0.15) is 13.2 Å². The second-order valence-electron chi connectivity index (χ2n) is 16.8. The molecule has 0 saturated carbocycles. The van der Waals surface area contributed by atoms with E-state index in [1.807, 2.05) is 0 Å². The first kappa shape index (κ1) is 58.6. The maximum Gasteiger partial charge on any atom is 0.306 e. The molecule has 62 heavy (non-hydrogen) atoms. The van der Waals surface area contributed by atoms with Crippen molar-refractivity contribution in [1.29, 1.82) is 0 Å². The van der Waals surface area contributed by atoms with E-state index in [0.717, 1.165) is 103 Å². The molecule has 0 saturated heterocycles. The third kappa shape index (κ3) is 47.6. The van der Waals surface area contributed by atoms with Crippen LogP contribution in [-0.4, -0.2) is 37.2 Å². The molecule has 0 heterocycles. The summed E-state index contributed by atoms with van der Waals surface area (Å²) in [6.45, 7) is 6.34. The van der Waals surface area contributed by atoms with Crippen LogP contribution in [0.5, 0.6) is 0 Å². The highest BCUT2D eigenvalue weighted by atomic mass is 16.6. The lowest BCUT2D eigenvalue weighted by Gasteiger charge is -2.18. The monoisotopic (exact) mass is 863 g/mol. The predicted molar refractivity (Wildman–Crippen MR) is 265 cm³/mol. The first-order valence-electron chi connectivity index (χ1n) is 25.6. The highest BCUT2D eigenvalue weighted by Crippen LogP contribution is 2.14. The summed E-state index contributed by atoms with van der Waals surface area (Å²) in [4.78, 5) is 38.0. The van der Waals surface area contributed by atoms with Crippen LogP contribution in [0, 0.1) is 0 Å². The summed E-state index contributed by atoms with van der Waals surface area (Å²) in [6, 6.07) is 0. The largest absolute Gasteiger partial charge is 0.462 e. The minimum Gasteiger partial charge on any atom is -0.462 e. The number of hydrogen-bond donors (Lipinski definition) is 0. The average molecular weight is 863 g/mol. The Balaban J connectivity index is 4.44. The molecule has 354 valence electrons. The lowest BCUT2D eigenvalue weighted by atomic mass is 10.1. The molecule has 0 spiro atoms. The second kappa shape index (κ2) is 50.2. The Hall–Kier alpha value is -3.41. The van der Waals surface area contributed by atoms with Gasteiger partial charge in [-0.15, -0.1) is 0 Å². The zero-order valence-electron chi connectivity index (χ0n) is 40.4. The van der Waals surface area contributed by atoms with Gasteiger partial charge in [0.05, 0.1) is 0 Å². The zero-order valence-corrected chi connectivity index (χ0v) is 40.4. The van der Waals surface area contributed by atoms with Gasteiger partial charge >= 0.3 is 17.9 Å². The average Bonchev–Trinajstić information content (AvgIpc) is 3.27. The number of carbonyl (C=O) groups excluding carboxylic acids is 3. The summed E-state index contributed by atoms with van der Waals surface area (Å²) >= 11 is 0. The Labute approximate surface area is 382 Å². The fraction of sp³-hybridized carbons (Fsp3) is 0.696. The molecule has 0 rings (SSSR count). The molecule has 0 aliphatic carbocycles. The molecule has 6 nitrogen and oxygen atoms in total. The van der Waals surface area contributed by atoms with E-state index in [4.69, 9.17) is 14.2 Å². The topological polar surface area (TPSA) is 78.9 Å². The molecule has 1 unspecified atom stereocenters. The van der Waals surface area contributed by atoms with Crippen LogP contribution in [0.1, 0.15) is 233 Å². The number of ether oxygens (including phenoxy) is 3. The molecular weight excluding hydrogens is 769 g/mol. The maximum absolute atomic E-state index is 12.8. The Morgan fingerprint density at radius 2 is 0.710 bits per heavy atom. The van der Waals surface area contributed by atoms with E-state index in [0.29, 0.717) is 19.3 Å². The normalized spacial score (nSPS) is 12.8. The third-order valence-corrected chi connectivity index (χ3v) is 10.7. The van der Waals surface area contributed by atoms with Crippen LogP contribution in [0.3, 0.4) is 0 Å². The van der Waals surface area contributed by atoms with E-state index >= 15 is 0 Å². The summed E-state index contributed by atoms with van der Waals surface area (Å²) in [6.07, 6.45) is 64.2. The van der Waals surface area contributed by atoms with Crippen molar-refractivity contribution in [2.24, 2.45) is 0 Å². The van der Waals surface area contributed by atoms with Crippen LogP contribution in [0.15, 0.2) is 85.1 Å². The van der Waals surface area contributed by atoms with Crippen molar-refractivity contribution in [3.63, 3.8) is 0 Å². The molecule has 0 aromatic carbocycles. The van der Waals surface area contributed by atoms with E-state index < -0.39 is 6.10 Å². The number of carbonyl (C=O) groups is 3. The summed E-state index contributed by atoms with van der Waals surface area (Å²) in [5.41, 5.74) is 0. The zero-order chi connectivity index (χ0) is 45.1. The number of rotatable bonds is 45. The van der Waals surface area contributed by atoms with E-state index in [-0.39, 0.29) is 31.1 Å². The number of unbranched alkanes of at least 4 members (excludes halogenated alkanes) is 23. The Bertz CT molecular complexity index is 1220. The first-order valence-corrected chi connectivity index (χ1v) is 25.6. The van der Waals surface area contributed by atoms with Crippen LogP contribution in [0.4, 0.5) is 0 Å². The molecular formula is C56H94O6. The van der Waals surface area contributed by atoms with E-state index in [9.17, 15) is 14.4 Å². The summed E-state index contributed by atoms with van der Waals surface area (Å²) in [7, 11) is 0. The molecule has 0 aliphatic heterocycles. The second-order valence-corrected chi connectivity index (χ2v) is 16.8. The SMILES string of the molecule is CC\C=C/C=C\C=C/CCCCCCCCCC(=O)OCC(COC(=O)CCCCCCCCC/C=C\C/C=C\CC)OC(=O)CCCCCCCC/C=C\C=C/CCCCC. The Kier molecular flexibility index (Phi) is 47.5. The summed E-state index contributed by atoms with van der Waals surface area (Å²) in [5.74, 6) is -0.923. The Morgan fingerprint density at radius 3 is 1.16 bits per heavy atom. The fourth-order valence-electron chi connectivity index (χ4n) is 6.88. The number of esters is 3. The molecule has 6 heteroatoms. The first-order chi connectivity index (χ1) is 30.5. The van der Waals surface area contributed by atoms with E-state index in [1.54, 1.807) is 0 Å². The molecule has 0 aromatic rings. The van der Waals surface area contributed by atoms with Gasteiger partial charge in [-0.2, -0.15) is 0 Å². The van der Waals surface area contributed by atoms with Crippen LogP contribution in [-0.2, 0) is 28.6 Å². The van der Waals surface area contributed by atoms with Crippen molar-refractivity contribution in [3.8, 4) is 0 Å². The molecule has 0 N–H and O–H groups in total. The smallest absolute Gasteiger partial charge is 0.306 e. The van der Waals surface area contributed by atoms with Crippen LogP contribution in [0.2, 0.25) is 0 Å². The van der Waals surface area contributed by atoms with E-state index in [1.165, 1.54) is 89.9 Å². The van der Waals surface area contributed by atoms with Crippen molar-refractivity contribution in [3.05, 3.63) is 85.1 Å². The van der Waals surface area contributed by atoms with Gasteiger partial charge in [-0.25, -0.2) is 0 Å². The van der Waals surface area contributed by atoms with Gasteiger partial charge in [0.15, 0.2) is 6.10 Å². The van der Waals surface area contributed by atoms with Crippen molar-refractivity contribution in [1.82, 2.24) is 0 Å². The van der Waals surface area contributed by atoms with Gasteiger partial charge in [-0.05, 0) is 89.9 Å². The quantitative estimate of drug-likeness (QED) is 0.0199. The van der Waals surface area contributed by atoms with Crippen molar-refractivity contribution in [2.45, 2.75) is 239 Å². The van der Waals surface area contributed by atoms with Crippen LogP contribution >= 0.6 is 0 Å². The minimum atomic E-state index is -0.791. The minimum absolute atomic E-state index is 0.0902. The van der Waals surface area contributed by atoms with Gasteiger partial charge in [0, 0.05) is 19.3 Å². The van der Waals surface area contributed by atoms with Crippen molar-refractivity contribution >= 4 is 17.9 Å². The fourth-order valence-corrected chi connectivity index (χ4v) is 6.88. The standard InChI is InChI=1S/C56H94O6/c1-4-7-10-13-16-19-22-25-28-31-34-37-40-43-46-49-55(58)61-52-53(51-60-54(57)48-45-42-39-36-33-30-27-24-21-18-15-12-9-6-3)62-56(59)50-47-44-41-38-35-32-29-26-23-20-17-14-11-8-5-2/h7,9-10,12-13,16-23,26,53H,4-6,8,11,14-15,24-25,27-52H2,1-3H3/b10-7-,12-9-,16-13-,20-17-,21-18-,22-19-,26-23-. The van der Waals surface area contributed by atoms with Gasteiger partial charge in [0.2, 0.25) is 0 Å². The molecule has 1 atom stereocenters.